The maximum Gasteiger partial charge on any atom is 0.272 e. The van der Waals surface area contributed by atoms with E-state index in [2.05, 4.69) is 22.7 Å². The lowest BCUT2D eigenvalue weighted by molar-refractivity contribution is -0.133. The summed E-state index contributed by atoms with van der Waals surface area (Å²) in [6, 6.07) is 1.89. The van der Waals surface area contributed by atoms with Crippen molar-refractivity contribution < 1.29 is 14.4 Å². The van der Waals surface area contributed by atoms with Gasteiger partial charge in [-0.3, -0.25) is 19.1 Å². The fraction of sp³-hybridized carbons (Fsp3) is 0.727. The highest BCUT2D eigenvalue weighted by Crippen LogP contribution is 2.28. The molecule has 2 fully saturated rings. The number of carbonyl (C=O) groups excluding carboxylic acids is 3. The van der Waals surface area contributed by atoms with E-state index in [9.17, 15) is 14.4 Å². The molecule has 30 heavy (non-hydrogen) atoms. The Kier molecular flexibility index (Phi) is 5.59. The van der Waals surface area contributed by atoms with Crippen LogP contribution in [0.2, 0.25) is 0 Å². The van der Waals surface area contributed by atoms with Crippen molar-refractivity contribution in [2.24, 2.45) is 5.92 Å². The lowest BCUT2D eigenvalue weighted by Gasteiger charge is -2.41. The molecular weight excluding hydrogens is 382 g/mol. The lowest BCUT2D eigenvalue weighted by Crippen LogP contribution is -2.63. The van der Waals surface area contributed by atoms with Crippen LogP contribution < -0.4 is 10.6 Å². The Hall–Kier alpha value is -2.38. The molecule has 0 radical (unpaired) electrons. The second-order valence-electron chi connectivity index (χ2n) is 9.60. The molecule has 0 aromatic carbocycles. The summed E-state index contributed by atoms with van der Waals surface area (Å²) in [6.07, 6.45) is 8.39. The minimum Gasteiger partial charge on any atom is -0.351 e. The number of fused-ring (bicyclic) bond motifs is 1. The normalized spacial score (nSPS) is 29.6. The lowest BCUT2D eigenvalue weighted by atomic mass is 9.87. The van der Waals surface area contributed by atoms with Gasteiger partial charge in [-0.25, -0.2) is 0 Å². The van der Waals surface area contributed by atoms with Crippen LogP contribution >= 0.6 is 0 Å². The summed E-state index contributed by atoms with van der Waals surface area (Å²) in [5, 5.41) is 10.6. The van der Waals surface area contributed by atoms with Crippen molar-refractivity contribution >= 4 is 17.7 Å². The first-order valence-corrected chi connectivity index (χ1v) is 11.3. The van der Waals surface area contributed by atoms with Crippen LogP contribution in [-0.2, 0) is 11.3 Å². The molecule has 1 aromatic heterocycles. The third-order valence-corrected chi connectivity index (χ3v) is 7.26. The fourth-order valence-corrected chi connectivity index (χ4v) is 4.91. The molecule has 0 bridgehead atoms. The molecule has 3 amide bonds. The molecule has 1 aromatic rings. The van der Waals surface area contributed by atoms with Gasteiger partial charge in [-0.15, -0.1) is 0 Å². The molecule has 2 N–H and O–H groups in total. The van der Waals surface area contributed by atoms with Crippen LogP contribution in [0.25, 0.3) is 0 Å². The number of hydrogen-bond donors (Lipinski definition) is 2. The van der Waals surface area contributed by atoms with E-state index < -0.39 is 5.54 Å². The molecular formula is C22H33N5O3. The minimum absolute atomic E-state index is 0.159. The topological polar surface area (TPSA) is 96.3 Å². The van der Waals surface area contributed by atoms with Crippen LogP contribution in [0, 0.1) is 5.92 Å². The van der Waals surface area contributed by atoms with Crippen molar-refractivity contribution in [1.82, 2.24) is 25.3 Å². The van der Waals surface area contributed by atoms with Gasteiger partial charge in [-0.05, 0) is 51.4 Å². The van der Waals surface area contributed by atoms with E-state index in [4.69, 9.17) is 0 Å². The zero-order chi connectivity index (χ0) is 21.5. The number of aromatic nitrogens is 2. The molecule has 2 saturated carbocycles. The largest absolute Gasteiger partial charge is 0.351 e. The van der Waals surface area contributed by atoms with Crippen LogP contribution in [-0.4, -0.2) is 57.1 Å². The van der Waals surface area contributed by atoms with Gasteiger partial charge in [0.25, 0.3) is 11.8 Å². The van der Waals surface area contributed by atoms with Gasteiger partial charge in [0.15, 0.2) is 5.69 Å². The van der Waals surface area contributed by atoms with Gasteiger partial charge in [0.1, 0.15) is 11.2 Å². The van der Waals surface area contributed by atoms with Crippen LogP contribution in [0.1, 0.15) is 86.2 Å². The molecule has 3 aliphatic rings. The van der Waals surface area contributed by atoms with E-state index in [1.54, 1.807) is 20.0 Å². The molecule has 1 unspecified atom stereocenters. The molecule has 8 heteroatoms. The van der Waals surface area contributed by atoms with Gasteiger partial charge in [0, 0.05) is 25.2 Å². The highest BCUT2D eigenvalue weighted by atomic mass is 16.2. The number of nitrogens with one attached hydrogen (secondary N) is 2. The van der Waals surface area contributed by atoms with Gasteiger partial charge in [0.05, 0.1) is 6.54 Å². The SMILES string of the molecule is CC1CCC(NC(=O)c2cc3n(n2)CC(C)(C(=O)NC2CCCC2)N(C)C3=O)CC1. The second kappa shape index (κ2) is 8.04. The second-order valence-corrected chi connectivity index (χ2v) is 9.60. The maximum absolute atomic E-state index is 13.0. The van der Waals surface area contributed by atoms with Crippen LogP contribution in [0.5, 0.6) is 0 Å². The first-order chi connectivity index (χ1) is 14.3. The van der Waals surface area contributed by atoms with E-state index >= 15 is 0 Å². The Balaban J connectivity index is 1.48. The molecule has 2 heterocycles. The quantitative estimate of drug-likeness (QED) is 0.787. The number of nitrogens with zero attached hydrogens (tertiary/aromatic N) is 3. The summed E-state index contributed by atoms with van der Waals surface area (Å²) >= 11 is 0. The molecule has 1 atom stereocenters. The van der Waals surface area contributed by atoms with E-state index in [-0.39, 0.29) is 42.0 Å². The van der Waals surface area contributed by atoms with Gasteiger partial charge >= 0.3 is 0 Å². The van der Waals surface area contributed by atoms with Crippen molar-refractivity contribution in [2.75, 3.05) is 7.05 Å². The Morgan fingerprint density at radius 1 is 1.07 bits per heavy atom. The smallest absolute Gasteiger partial charge is 0.272 e. The predicted octanol–water partition coefficient (Wildman–Crippen LogP) is 2.09. The molecule has 0 spiro atoms. The van der Waals surface area contributed by atoms with Gasteiger partial charge in [0.2, 0.25) is 5.91 Å². The number of amides is 3. The zero-order valence-electron chi connectivity index (χ0n) is 18.2. The summed E-state index contributed by atoms with van der Waals surface area (Å²) in [6.45, 7) is 4.24. The highest BCUT2D eigenvalue weighted by molar-refractivity contribution is 6.01. The van der Waals surface area contributed by atoms with Crippen molar-refractivity contribution in [1.29, 1.82) is 0 Å². The van der Waals surface area contributed by atoms with Gasteiger partial charge in [-0.2, -0.15) is 5.10 Å². The fourth-order valence-electron chi connectivity index (χ4n) is 4.91. The number of carbonyl (C=O) groups is 3. The molecule has 8 nitrogen and oxygen atoms in total. The Labute approximate surface area is 177 Å². The Morgan fingerprint density at radius 3 is 2.37 bits per heavy atom. The molecule has 2 aliphatic carbocycles. The van der Waals surface area contributed by atoms with Gasteiger partial charge < -0.3 is 15.5 Å². The number of rotatable bonds is 4. The van der Waals surface area contributed by atoms with E-state index in [0.29, 0.717) is 11.6 Å². The predicted molar refractivity (Wildman–Crippen MR) is 112 cm³/mol. The van der Waals surface area contributed by atoms with Crippen molar-refractivity contribution in [2.45, 2.75) is 89.4 Å². The Morgan fingerprint density at radius 2 is 1.70 bits per heavy atom. The third kappa shape index (κ3) is 3.84. The highest BCUT2D eigenvalue weighted by Gasteiger charge is 2.47. The Bertz CT molecular complexity index is 836. The average Bonchev–Trinajstić information content (AvgIpc) is 3.38. The number of hydrogen-bond acceptors (Lipinski definition) is 4. The average molecular weight is 416 g/mol. The molecule has 4 rings (SSSR count). The molecule has 0 saturated heterocycles. The monoisotopic (exact) mass is 415 g/mol. The van der Waals surface area contributed by atoms with Crippen LogP contribution in [0.15, 0.2) is 6.07 Å². The first-order valence-electron chi connectivity index (χ1n) is 11.3. The standard InChI is InChI=1S/C22H33N5O3/c1-14-8-10-16(11-9-14)23-19(28)17-12-18-20(29)26(3)22(2,13-27(18)25-17)21(30)24-15-6-4-5-7-15/h12,14-16H,4-11,13H2,1-3H3,(H,23,28)(H,24,30). The summed E-state index contributed by atoms with van der Waals surface area (Å²) in [5.74, 6) is 0.0143. The molecule has 164 valence electrons. The van der Waals surface area contributed by atoms with E-state index in [1.165, 1.54) is 9.58 Å². The van der Waals surface area contributed by atoms with Crippen molar-refractivity contribution in [3.05, 3.63) is 17.5 Å². The van der Waals surface area contributed by atoms with E-state index in [0.717, 1.165) is 51.4 Å². The zero-order valence-corrected chi connectivity index (χ0v) is 18.2. The van der Waals surface area contributed by atoms with Crippen molar-refractivity contribution in [3.63, 3.8) is 0 Å². The third-order valence-electron chi connectivity index (χ3n) is 7.26. The first kappa shape index (κ1) is 20.9. The summed E-state index contributed by atoms with van der Waals surface area (Å²) in [5.41, 5.74) is -0.441. The summed E-state index contributed by atoms with van der Waals surface area (Å²) in [4.78, 5) is 40.3. The summed E-state index contributed by atoms with van der Waals surface area (Å²) in [7, 11) is 1.65. The van der Waals surface area contributed by atoms with Crippen LogP contribution in [0.3, 0.4) is 0 Å². The maximum atomic E-state index is 13.0. The van der Waals surface area contributed by atoms with Gasteiger partial charge in [-0.1, -0.05) is 19.8 Å². The van der Waals surface area contributed by atoms with E-state index in [1.807, 2.05) is 0 Å². The summed E-state index contributed by atoms with van der Waals surface area (Å²) < 4.78 is 1.52. The van der Waals surface area contributed by atoms with Crippen LogP contribution in [0.4, 0.5) is 0 Å². The molecule has 1 aliphatic heterocycles. The minimum atomic E-state index is -1.04. The number of likely N-dealkylation sites (N-methyl/N-ethyl adjacent to an activating group) is 1. The van der Waals surface area contributed by atoms with Crippen molar-refractivity contribution in [3.8, 4) is 0 Å².